The molecule has 2 aromatic carbocycles. The summed E-state index contributed by atoms with van der Waals surface area (Å²) in [5.41, 5.74) is -7.14. The fraction of sp³-hybridized carbons (Fsp3) is 0.150. The van der Waals surface area contributed by atoms with Gasteiger partial charge in [-0.15, -0.1) is 0 Å². The third-order valence-electron chi connectivity index (χ3n) is 5.12. The van der Waals surface area contributed by atoms with E-state index in [4.69, 9.17) is 0 Å². The van der Waals surface area contributed by atoms with E-state index < -0.39 is 55.2 Å². The Balaban J connectivity index is 2.03. The first-order valence-corrected chi connectivity index (χ1v) is 10.8. The van der Waals surface area contributed by atoms with Crippen molar-refractivity contribution in [2.75, 3.05) is 5.32 Å². The van der Waals surface area contributed by atoms with E-state index >= 15 is 0 Å². The zero-order chi connectivity index (χ0) is 24.2. The van der Waals surface area contributed by atoms with Crippen LogP contribution in [0.4, 0.5) is 19.0 Å². The first kappa shape index (κ1) is 22.5. The van der Waals surface area contributed by atoms with E-state index in [0.29, 0.717) is 4.57 Å². The fourth-order valence-corrected chi connectivity index (χ4v) is 4.89. The van der Waals surface area contributed by atoms with E-state index in [-0.39, 0.29) is 5.69 Å². The van der Waals surface area contributed by atoms with Crippen LogP contribution in [0.5, 0.6) is 0 Å². The van der Waals surface area contributed by atoms with Gasteiger partial charge in [-0.25, -0.2) is 17.8 Å². The Hall–Kier alpha value is -3.71. The van der Waals surface area contributed by atoms with E-state index in [0.717, 1.165) is 17.7 Å². The van der Waals surface area contributed by atoms with E-state index in [2.05, 4.69) is 0 Å². The molecule has 1 aliphatic heterocycles. The molecule has 1 aromatic heterocycles. The number of aryl methyl sites for hydroxylation is 1. The number of aromatic nitrogens is 2. The molecule has 0 saturated carbocycles. The van der Waals surface area contributed by atoms with Gasteiger partial charge in [0.25, 0.3) is 11.5 Å². The molecule has 33 heavy (non-hydrogen) atoms. The van der Waals surface area contributed by atoms with Crippen LogP contribution in [0, 0.1) is 6.92 Å². The molecule has 4 rings (SSSR count). The maximum atomic E-state index is 14.4. The Morgan fingerprint density at radius 2 is 1.58 bits per heavy atom. The number of rotatable bonds is 4. The van der Waals surface area contributed by atoms with Crippen molar-refractivity contribution in [3.8, 4) is 5.69 Å². The lowest BCUT2D eigenvalue weighted by Crippen LogP contribution is -2.61. The number of halogens is 3. The standard InChI is InChI=1S/C20H15F3N4O5S/c1-11-7-9-12(10-8-11)27-15-14(16(28)25-18(27)30)19(17(29)24-15,20(21,22)23)26-33(31,32)13-5-3-2-4-6-13/h2-10,26H,1H3,(H,24,29)(H,25,28,30). The fourth-order valence-electron chi connectivity index (χ4n) is 3.54. The number of H-pyrrole nitrogens is 1. The molecule has 1 atom stereocenters. The topological polar surface area (TPSA) is 130 Å². The summed E-state index contributed by atoms with van der Waals surface area (Å²) in [4.78, 5) is 39.1. The molecule has 0 fully saturated rings. The van der Waals surface area contributed by atoms with Crippen LogP contribution in [0.2, 0.25) is 0 Å². The maximum absolute atomic E-state index is 14.4. The van der Waals surface area contributed by atoms with Crippen molar-refractivity contribution in [2.24, 2.45) is 0 Å². The van der Waals surface area contributed by atoms with Gasteiger partial charge in [0.1, 0.15) is 5.82 Å². The molecule has 3 aromatic rings. The molecule has 3 N–H and O–H groups in total. The number of carbonyl (C=O) groups is 1. The highest BCUT2D eigenvalue weighted by molar-refractivity contribution is 7.89. The van der Waals surface area contributed by atoms with Crippen molar-refractivity contribution in [3.63, 3.8) is 0 Å². The van der Waals surface area contributed by atoms with E-state index in [1.54, 1.807) is 24.0 Å². The lowest BCUT2D eigenvalue weighted by Gasteiger charge is -2.29. The Labute approximate surface area is 183 Å². The highest BCUT2D eigenvalue weighted by Crippen LogP contribution is 2.46. The van der Waals surface area contributed by atoms with Crippen molar-refractivity contribution in [2.45, 2.75) is 23.5 Å². The third-order valence-corrected chi connectivity index (χ3v) is 6.58. The molecular formula is C20H15F3N4O5S. The second-order valence-corrected chi connectivity index (χ2v) is 8.96. The molecule has 13 heteroatoms. The van der Waals surface area contributed by atoms with Crippen LogP contribution < -0.4 is 21.3 Å². The molecule has 9 nitrogen and oxygen atoms in total. The number of amides is 1. The number of fused-ring (bicyclic) bond motifs is 1. The first-order chi connectivity index (χ1) is 15.4. The normalized spacial score (nSPS) is 18.1. The Morgan fingerprint density at radius 3 is 2.15 bits per heavy atom. The van der Waals surface area contributed by atoms with Crippen LogP contribution in [0.25, 0.3) is 5.69 Å². The molecular weight excluding hydrogens is 465 g/mol. The molecule has 0 bridgehead atoms. The minimum atomic E-state index is -5.59. The maximum Gasteiger partial charge on any atom is 0.421 e. The van der Waals surface area contributed by atoms with Crippen molar-refractivity contribution < 1.29 is 26.4 Å². The Bertz CT molecular complexity index is 1480. The molecule has 0 radical (unpaired) electrons. The first-order valence-electron chi connectivity index (χ1n) is 9.32. The number of nitrogens with zero attached hydrogens (tertiary/aromatic N) is 1. The third kappa shape index (κ3) is 3.45. The Kier molecular flexibility index (Phi) is 5.05. The summed E-state index contributed by atoms with van der Waals surface area (Å²) in [6.45, 7) is 1.73. The van der Waals surface area contributed by atoms with Crippen LogP contribution in [0.15, 0.2) is 69.1 Å². The summed E-state index contributed by atoms with van der Waals surface area (Å²) in [7, 11) is -4.94. The average Bonchev–Trinajstić information content (AvgIpc) is 3.02. The summed E-state index contributed by atoms with van der Waals surface area (Å²) in [6.07, 6.45) is -5.59. The minimum Gasteiger partial charge on any atom is -0.309 e. The summed E-state index contributed by atoms with van der Waals surface area (Å²) < 4.78 is 70.9. The zero-order valence-electron chi connectivity index (χ0n) is 16.7. The van der Waals surface area contributed by atoms with Crippen LogP contribution >= 0.6 is 0 Å². The molecule has 1 aliphatic rings. The summed E-state index contributed by atoms with van der Waals surface area (Å²) in [5, 5.41) is 1.89. The number of aromatic amines is 1. The highest BCUT2D eigenvalue weighted by atomic mass is 32.2. The van der Waals surface area contributed by atoms with E-state index in [1.165, 1.54) is 35.1 Å². The SMILES string of the molecule is Cc1ccc(-n2c3c(c(=O)[nH]c2=O)C(NS(=O)(=O)c2ccccc2)(C(F)(F)F)C(=O)N3)cc1. The number of anilines is 1. The van der Waals surface area contributed by atoms with Gasteiger partial charge in [0, 0.05) is 0 Å². The molecule has 0 aliphatic carbocycles. The zero-order valence-corrected chi connectivity index (χ0v) is 17.5. The Morgan fingerprint density at radius 1 is 0.970 bits per heavy atom. The molecule has 2 heterocycles. The predicted octanol–water partition coefficient (Wildman–Crippen LogP) is 1.52. The number of nitrogens with one attached hydrogen (secondary N) is 3. The monoisotopic (exact) mass is 480 g/mol. The molecule has 0 saturated heterocycles. The molecule has 172 valence electrons. The van der Waals surface area contributed by atoms with Crippen molar-refractivity contribution in [1.29, 1.82) is 0 Å². The number of alkyl halides is 3. The van der Waals surface area contributed by atoms with Gasteiger partial charge < -0.3 is 5.32 Å². The second kappa shape index (κ2) is 7.42. The van der Waals surface area contributed by atoms with Crippen molar-refractivity contribution in [1.82, 2.24) is 14.3 Å². The molecule has 0 spiro atoms. The van der Waals surface area contributed by atoms with Gasteiger partial charge in [0.15, 0.2) is 0 Å². The number of benzene rings is 2. The van der Waals surface area contributed by atoms with Gasteiger partial charge >= 0.3 is 11.9 Å². The van der Waals surface area contributed by atoms with Crippen LogP contribution in [0.1, 0.15) is 11.1 Å². The van der Waals surface area contributed by atoms with Crippen molar-refractivity contribution >= 4 is 21.7 Å². The predicted molar refractivity (Wildman–Crippen MR) is 111 cm³/mol. The van der Waals surface area contributed by atoms with Crippen molar-refractivity contribution in [3.05, 3.63) is 86.6 Å². The average molecular weight is 480 g/mol. The lowest BCUT2D eigenvalue weighted by atomic mass is 9.93. The quantitative estimate of drug-likeness (QED) is 0.521. The van der Waals surface area contributed by atoms with Crippen LogP contribution in [-0.2, 0) is 20.4 Å². The molecule has 1 amide bonds. The smallest absolute Gasteiger partial charge is 0.309 e. The van der Waals surface area contributed by atoms with Crippen LogP contribution in [0.3, 0.4) is 0 Å². The van der Waals surface area contributed by atoms with Gasteiger partial charge in [-0.05, 0) is 31.2 Å². The summed E-state index contributed by atoms with van der Waals surface area (Å²) in [6, 6.07) is 12.0. The van der Waals surface area contributed by atoms with Gasteiger partial charge in [-0.1, -0.05) is 35.9 Å². The largest absolute Gasteiger partial charge is 0.421 e. The van der Waals surface area contributed by atoms with Crippen LogP contribution in [-0.4, -0.2) is 30.1 Å². The van der Waals surface area contributed by atoms with Gasteiger partial charge in [-0.3, -0.25) is 14.6 Å². The second-order valence-electron chi connectivity index (χ2n) is 7.27. The van der Waals surface area contributed by atoms with Gasteiger partial charge in [0.05, 0.1) is 16.1 Å². The van der Waals surface area contributed by atoms with E-state index in [1.807, 2.05) is 5.32 Å². The summed E-state index contributed by atoms with van der Waals surface area (Å²) in [5.74, 6) is -2.66. The number of carbonyl (C=O) groups excluding carboxylic acids is 1. The van der Waals surface area contributed by atoms with Gasteiger partial charge in [-0.2, -0.15) is 17.9 Å². The van der Waals surface area contributed by atoms with Gasteiger partial charge in [0.2, 0.25) is 15.6 Å². The number of hydrogen-bond acceptors (Lipinski definition) is 5. The number of sulfonamides is 1. The van der Waals surface area contributed by atoms with E-state index in [9.17, 15) is 36.0 Å². The summed E-state index contributed by atoms with van der Waals surface area (Å²) >= 11 is 0. The molecule has 1 unspecified atom stereocenters. The number of hydrogen-bond donors (Lipinski definition) is 3. The lowest BCUT2D eigenvalue weighted by molar-refractivity contribution is -0.194. The minimum absolute atomic E-state index is 0.0438. The highest BCUT2D eigenvalue weighted by Gasteiger charge is 2.69.